The summed E-state index contributed by atoms with van der Waals surface area (Å²) in [7, 11) is 0. The lowest BCUT2D eigenvalue weighted by molar-refractivity contribution is 0.0929. The van der Waals surface area contributed by atoms with Gasteiger partial charge in [-0.15, -0.1) is 0 Å². The molecule has 3 N–H and O–H groups in total. The van der Waals surface area contributed by atoms with Gasteiger partial charge in [0.05, 0.1) is 11.2 Å². The van der Waals surface area contributed by atoms with Gasteiger partial charge in [-0.1, -0.05) is 54.6 Å². The first-order valence-electron chi connectivity index (χ1n) is 12.5. The van der Waals surface area contributed by atoms with Crippen LogP contribution < -0.4 is 11.1 Å². The topological polar surface area (TPSA) is 89.5 Å². The van der Waals surface area contributed by atoms with Crippen LogP contribution in [0.1, 0.15) is 50.5 Å². The number of primary amides is 1. The number of nitrogens with two attached hydrogens (primary N) is 1. The predicted octanol–water partition coefficient (Wildman–Crippen LogP) is 5.25. The third-order valence-corrected chi connectivity index (χ3v) is 7.10. The minimum absolute atomic E-state index is 0.128. The van der Waals surface area contributed by atoms with E-state index in [2.05, 4.69) is 10.3 Å². The largest absolute Gasteiger partial charge is 0.364 e. The van der Waals surface area contributed by atoms with Gasteiger partial charge in [0.2, 0.25) is 0 Å². The number of nitrogens with zero attached hydrogens (tertiary/aromatic N) is 2. The summed E-state index contributed by atoms with van der Waals surface area (Å²) in [5.74, 6) is -1.06. The first-order valence-corrected chi connectivity index (χ1v) is 12.5. The summed E-state index contributed by atoms with van der Waals surface area (Å²) in [4.78, 5) is 30.2. The van der Waals surface area contributed by atoms with Crippen molar-refractivity contribution in [3.8, 4) is 11.1 Å². The fraction of sp³-hybridized carbons (Fsp3) is 0.129. The number of imidazole rings is 1. The molecule has 0 spiro atoms. The van der Waals surface area contributed by atoms with Gasteiger partial charge in [-0.2, -0.15) is 0 Å². The lowest BCUT2D eigenvalue weighted by Gasteiger charge is -2.18. The van der Waals surface area contributed by atoms with Gasteiger partial charge in [-0.3, -0.25) is 14.0 Å². The maximum absolute atomic E-state index is 13.3. The first kappa shape index (κ1) is 23.6. The molecular weight excluding hydrogens is 479 g/mol. The number of carbonyl (C=O) groups is 2. The van der Waals surface area contributed by atoms with E-state index in [0.29, 0.717) is 23.3 Å². The highest BCUT2D eigenvalue weighted by atomic mass is 19.1. The van der Waals surface area contributed by atoms with Crippen LogP contribution in [0.25, 0.3) is 16.8 Å². The number of hydrogen-bond acceptors (Lipinski definition) is 3. The van der Waals surface area contributed by atoms with Crippen molar-refractivity contribution < 1.29 is 14.0 Å². The number of halogens is 1. The molecule has 6 nitrogen and oxygen atoms in total. The summed E-state index contributed by atoms with van der Waals surface area (Å²) in [5.41, 5.74) is 11.0. The number of benzene rings is 3. The Kier molecular flexibility index (Phi) is 5.76. The lowest BCUT2D eigenvalue weighted by atomic mass is 10.0. The summed E-state index contributed by atoms with van der Waals surface area (Å²) in [5, 5.41) is 3.22. The van der Waals surface area contributed by atoms with Gasteiger partial charge in [-0.25, -0.2) is 9.37 Å². The second-order valence-electron chi connectivity index (χ2n) is 9.70. The van der Waals surface area contributed by atoms with Gasteiger partial charge in [0, 0.05) is 18.2 Å². The molecule has 2 heterocycles. The second-order valence-corrected chi connectivity index (χ2v) is 9.70. The van der Waals surface area contributed by atoms with E-state index in [-0.39, 0.29) is 23.0 Å². The molecule has 7 heteroatoms. The van der Waals surface area contributed by atoms with Crippen molar-refractivity contribution in [3.05, 3.63) is 131 Å². The molecule has 3 aromatic carbocycles. The number of aromatic nitrogens is 2. The molecule has 6 rings (SSSR count). The Hall–Kier alpha value is -4.78. The Morgan fingerprint density at radius 1 is 0.921 bits per heavy atom. The van der Waals surface area contributed by atoms with E-state index in [1.54, 1.807) is 28.8 Å². The Morgan fingerprint density at radius 2 is 1.68 bits per heavy atom. The highest BCUT2D eigenvalue weighted by Gasteiger charge is 2.45. The molecule has 1 aliphatic rings. The van der Waals surface area contributed by atoms with Crippen molar-refractivity contribution >= 4 is 17.5 Å². The van der Waals surface area contributed by atoms with Crippen molar-refractivity contribution in [2.45, 2.75) is 24.8 Å². The Morgan fingerprint density at radius 3 is 2.39 bits per heavy atom. The highest BCUT2D eigenvalue weighted by Crippen LogP contribution is 2.45. The minimum Gasteiger partial charge on any atom is -0.364 e. The molecule has 1 fully saturated rings. The van der Waals surface area contributed by atoms with Gasteiger partial charge in [0.15, 0.2) is 0 Å². The number of rotatable bonds is 7. The van der Waals surface area contributed by atoms with Gasteiger partial charge in [0.1, 0.15) is 17.2 Å². The van der Waals surface area contributed by atoms with Crippen LogP contribution in [0.15, 0.2) is 97.2 Å². The fourth-order valence-corrected chi connectivity index (χ4v) is 4.94. The van der Waals surface area contributed by atoms with Crippen LogP contribution in [0.5, 0.6) is 0 Å². The van der Waals surface area contributed by atoms with Gasteiger partial charge >= 0.3 is 0 Å². The van der Waals surface area contributed by atoms with E-state index >= 15 is 0 Å². The standard InChI is InChI=1S/C31H25FN4O2/c32-25-12-9-20(10-13-25)17-26-28(29(33)37)36-19-23(11-14-27(36)34-26)21-5-4-6-22(18-21)30(38)35-31(15-16-31)24-7-2-1-3-8-24/h1-14,18-19H,15-17H2,(H2,33,37)(H,35,38). The summed E-state index contributed by atoms with van der Waals surface area (Å²) < 4.78 is 15.0. The quantitative estimate of drug-likeness (QED) is 0.317. The Balaban J connectivity index is 1.31. The molecule has 1 aliphatic carbocycles. The predicted molar refractivity (Wildman–Crippen MR) is 143 cm³/mol. The van der Waals surface area contributed by atoms with Crippen LogP contribution in [0.3, 0.4) is 0 Å². The zero-order valence-electron chi connectivity index (χ0n) is 20.5. The van der Waals surface area contributed by atoms with E-state index in [4.69, 9.17) is 5.73 Å². The number of amides is 2. The van der Waals surface area contributed by atoms with Crippen molar-refractivity contribution in [2.75, 3.05) is 0 Å². The monoisotopic (exact) mass is 504 g/mol. The normalized spacial score (nSPS) is 13.8. The average Bonchev–Trinajstić information content (AvgIpc) is 3.62. The maximum atomic E-state index is 13.3. The summed E-state index contributed by atoms with van der Waals surface area (Å²) in [6.45, 7) is 0. The molecule has 5 aromatic rings. The molecule has 1 saturated carbocycles. The van der Waals surface area contributed by atoms with E-state index in [1.165, 1.54) is 12.1 Å². The Bertz CT molecular complexity index is 1670. The van der Waals surface area contributed by atoms with Gasteiger partial charge < -0.3 is 11.1 Å². The number of pyridine rings is 1. The fourth-order valence-electron chi connectivity index (χ4n) is 4.94. The highest BCUT2D eigenvalue weighted by molar-refractivity contribution is 5.96. The van der Waals surface area contributed by atoms with Gasteiger partial charge in [0.25, 0.3) is 11.8 Å². The van der Waals surface area contributed by atoms with E-state index in [0.717, 1.165) is 35.1 Å². The zero-order chi connectivity index (χ0) is 26.3. The first-order chi connectivity index (χ1) is 18.4. The number of hydrogen-bond donors (Lipinski definition) is 2. The Labute approximate surface area is 219 Å². The van der Waals surface area contributed by atoms with Crippen LogP contribution in [0.4, 0.5) is 4.39 Å². The van der Waals surface area contributed by atoms with Crippen LogP contribution >= 0.6 is 0 Å². The molecule has 0 saturated heterocycles. The van der Waals surface area contributed by atoms with Crippen molar-refractivity contribution in [2.24, 2.45) is 5.73 Å². The average molecular weight is 505 g/mol. The molecular formula is C31H25FN4O2. The number of carbonyl (C=O) groups excluding carboxylic acids is 2. The van der Waals surface area contributed by atoms with Crippen molar-refractivity contribution in [1.82, 2.24) is 14.7 Å². The van der Waals surface area contributed by atoms with Crippen LogP contribution in [-0.2, 0) is 12.0 Å². The van der Waals surface area contributed by atoms with Gasteiger partial charge in [-0.05, 0) is 71.5 Å². The van der Waals surface area contributed by atoms with E-state index < -0.39 is 5.91 Å². The maximum Gasteiger partial charge on any atom is 0.267 e. The smallest absolute Gasteiger partial charge is 0.267 e. The molecule has 0 radical (unpaired) electrons. The van der Waals surface area contributed by atoms with Crippen LogP contribution in [0, 0.1) is 5.82 Å². The zero-order valence-corrected chi connectivity index (χ0v) is 20.5. The molecule has 2 aromatic heterocycles. The van der Waals surface area contributed by atoms with Crippen LogP contribution in [-0.4, -0.2) is 21.2 Å². The summed E-state index contributed by atoms with van der Waals surface area (Å²) in [6, 6.07) is 27.2. The molecule has 0 unspecified atom stereocenters. The number of nitrogens with one attached hydrogen (secondary N) is 1. The van der Waals surface area contributed by atoms with Crippen molar-refractivity contribution in [1.29, 1.82) is 0 Å². The third-order valence-electron chi connectivity index (χ3n) is 7.10. The lowest BCUT2D eigenvalue weighted by Crippen LogP contribution is -2.34. The summed E-state index contributed by atoms with van der Waals surface area (Å²) in [6.07, 6.45) is 3.97. The molecule has 0 bridgehead atoms. The molecule has 38 heavy (non-hydrogen) atoms. The van der Waals surface area contributed by atoms with E-state index in [9.17, 15) is 14.0 Å². The molecule has 2 amide bonds. The summed E-state index contributed by atoms with van der Waals surface area (Å²) >= 11 is 0. The molecule has 0 aliphatic heterocycles. The second kappa shape index (κ2) is 9.27. The van der Waals surface area contributed by atoms with Crippen molar-refractivity contribution in [3.63, 3.8) is 0 Å². The minimum atomic E-state index is -0.601. The SMILES string of the molecule is NC(=O)c1c(Cc2ccc(F)cc2)nc2ccc(-c3cccc(C(=O)NC4(c5ccccc5)CC4)c3)cn12. The van der Waals surface area contributed by atoms with Crippen LogP contribution in [0.2, 0.25) is 0 Å². The molecule has 0 atom stereocenters. The number of fused-ring (bicyclic) bond motifs is 1. The third kappa shape index (κ3) is 4.43. The van der Waals surface area contributed by atoms with E-state index in [1.807, 2.05) is 60.7 Å². The molecule has 188 valence electrons.